The quantitative estimate of drug-likeness (QED) is 0.360. The van der Waals surface area contributed by atoms with Gasteiger partial charge < -0.3 is 9.47 Å². The number of hydrogen-bond acceptors (Lipinski definition) is 7. The maximum absolute atomic E-state index is 12.8. The zero-order chi connectivity index (χ0) is 24.6. The molecule has 1 aliphatic heterocycles. The molecule has 2 aromatic carbocycles. The van der Waals surface area contributed by atoms with E-state index in [2.05, 4.69) is 5.10 Å². The number of rotatable bonds is 7. The zero-order valence-corrected chi connectivity index (χ0v) is 21.1. The van der Waals surface area contributed by atoms with E-state index in [1.807, 2.05) is 65.5 Å². The lowest BCUT2D eigenvalue weighted by atomic mass is 9.98. The van der Waals surface area contributed by atoms with E-state index < -0.39 is 16.1 Å². The molecule has 0 N–H and O–H groups in total. The maximum Gasteiger partial charge on any atom is 0.247 e. The molecule has 180 valence electrons. The Balaban J connectivity index is 1.61. The predicted molar refractivity (Wildman–Crippen MR) is 137 cm³/mol. The number of hydrazone groups is 1. The summed E-state index contributed by atoms with van der Waals surface area (Å²) in [7, 11) is -0.519. The normalized spacial score (nSPS) is 15.8. The summed E-state index contributed by atoms with van der Waals surface area (Å²) in [5.41, 5.74) is 4.76. The van der Waals surface area contributed by atoms with Crippen molar-refractivity contribution in [1.29, 1.82) is 0 Å². The van der Waals surface area contributed by atoms with Crippen molar-refractivity contribution in [3.63, 3.8) is 0 Å². The molecule has 0 bridgehead atoms. The summed E-state index contributed by atoms with van der Waals surface area (Å²) >= 11 is 1.57. The number of thiophene rings is 1. The largest absolute Gasteiger partial charge is 0.493 e. The van der Waals surface area contributed by atoms with E-state index in [4.69, 9.17) is 14.6 Å². The monoisotopic (exact) mass is 508 g/mol. The van der Waals surface area contributed by atoms with Gasteiger partial charge in [0.1, 0.15) is 0 Å². The fraction of sp³-hybridized carbons (Fsp3) is 0.200. The minimum absolute atomic E-state index is 0.389. The molecule has 0 amide bonds. The molecule has 0 spiro atoms. The predicted octanol–water partition coefficient (Wildman–Crippen LogP) is 4.73. The summed E-state index contributed by atoms with van der Waals surface area (Å²) in [6, 6.07) is 16.7. The Kier molecular flexibility index (Phi) is 6.08. The van der Waals surface area contributed by atoms with Crippen LogP contribution in [-0.4, -0.2) is 48.8 Å². The van der Waals surface area contributed by atoms with Crippen LogP contribution in [0.4, 0.5) is 0 Å². The van der Waals surface area contributed by atoms with Gasteiger partial charge in [-0.3, -0.25) is 0 Å². The maximum atomic E-state index is 12.8. The first-order valence-corrected chi connectivity index (χ1v) is 13.6. The van der Waals surface area contributed by atoms with E-state index in [-0.39, 0.29) is 0 Å². The van der Waals surface area contributed by atoms with Crippen LogP contribution < -0.4 is 9.47 Å². The molecule has 0 saturated heterocycles. The van der Waals surface area contributed by atoms with E-state index in [1.54, 1.807) is 36.3 Å². The van der Waals surface area contributed by atoms with E-state index in [1.165, 1.54) is 10.7 Å². The van der Waals surface area contributed by atoms with Crippen molar-refractivity contribution in [3.05, 3.63) is 82.7 Å². The molecule has 8 nitrogen and oxygen atoms in total. The van der Waals surface area contributed by atoms with Gasteiger partial charge in [0.05, 0.1) is 43.6 Å². The highest BCUT2D eigenvalue weighted by atomic mass is 32.2. The molecule has 2 aromatic heterocycles. The first kappa shape index (κ1) is 23.1. The fourth-order valence-electron chi connectivity index (χ4n) is 4.18. The Morgan fingerprint density at radius 3 is 2.43 bits per heavy atom. The summed E-state index contributed by atoms with van der Waals surface area (Å²) in [4.78, 5) is 0. The van der Waals surface area contributed by atoms with Crippen molar-refractivity contribution < 1.29 is 17.9 Å². The summed E-state index contributed by atoms with van der Waals surface area (Å²) in [5, 5.41) is 13.4. The Morgan fingerprint density at radius 2 is 1.77 bits per heavy atom. The van der Waals surface area contributed by atoms with Crippen molar-refractivity contribution in [2.45, 2.75) is 12.5 Å². The number of methoxy groups -OCH3 is 2. The van der Waals surface area contributed by atoms with Crippen molar-refractivity contribution in [2.24, 2.45) is 5.10 Å². The van der Waals surface area contributed by atoms with Gasteiger partial charge in [0.15, 0.2) is 11.5 Å². The van der Waals surface area contributed by atoms with Gasteiger partial charge in [0.25, 0.3) is 0 Å². The van der Waals surface area contributed by atoms with E-state index in [0.717, 1.165) is 28.1 Å². The van der Waals surface area contributed by atoms with E-state index >= 15 is 0 Å². The van der Waals surface area contributed by atoms with Gasteiger partial charge in [0.2, 0.25) is 10.0 Å². The Hall–Kier alpha value is -3.63. The molecule has 1 aliphatic rings. The van der Waals surface area contributed by atoms with Crippen LogP contribution in [0.5, 0.6) is 11.5 Å². The standard InChI is InChI=1S/C25H24N4O4S2/c1-32-23-10-9-17(13-24(23)33-2)21-14-22(29(26-21)35(3,30)31)20-15-28(19-7-5-4-6-8-19)27-25(20)18-11-12-34-16-18/h4-13,15-16,22H,14H2,1-3H3. The third-order valence-electron chi connectivity index (χ3n) is 5.85. The molecule has 4 aromatic rings. The second-order valence-corrected chi connectivity index (χ2v) is 10.7. The van der Waals surface area contributed by atoms with Gasteiger partial charge in [-0.05, 0) is 41.8 Å². The van der Waals surface area contributed by atoms with Gasteiger partial charge in [-0.15, -0.1) is 0 Å². The number of aromatic nitrogens is 2. The fourth-order valence-corrected chi connectivity index (χ4v) is 5.72. The number of hydrogen-bond donors (Lipinski definition) is 0. The zero-order valence-electron chi connectivity index (χ0n) is 19.5. The Labute approximate surface area is 208 Å². The molecule has 1 atom stereocenters. The molecule has 1 unspecified atom stereocenters. The molecular formula is C25H24N4O4S2. The van der Waals surface area contributed by atoms with E-state index in [0.29, 0.717) is 23.6 Å². The van der Waals surface area contributed by atoms with Crippen LogP contribution >= 0.6 is 11.3 Å². The van der Waals surface area contributed by atoms with E-state index in [9.17, 15) is 8.42 Å². The van der Waals surface area contributed by atoms with Crippen molar-refractivity contribution in [1.82, 2.24) is 14.2 Å². The van der Waals surface area contributed by atoms with Crippen LogP contribution in [0.1, 0.15) is 23.6 Å². The highest BCUT2D eigenvalue weighted by molar-refractivity contribution is 7.88. The SMILES string of the molecule is COc1ccc(C2=NN(S(C)(=O)=O)C(c3cn(-c4ccccc4)nc3-c3ccsc3)C2)cc1OC. The van der Waals surface area contributed by atoms with Crippen LogP contribution in [-0.2, 0) is 10.0 Å². The molecule has 0 radical (unpaired) electrons. The number of sulfonamides is 1. The summed E-state index contributed by atoms with van der Waals surface area (Å²) < 4.78 is 39.4. The molecule has 3 heterocycles. The lowest BCUT2D eigenvalue weighted by Gasteiger charge is -2.21. The number of nitrogens with zero attached hydrogens (tertiary/aromatic N) is 4. The van der Waals surface area contributed by atoms with Crippen LogP contribution in [0.3, 0.4) is 0 Å². The van der Waals surface area contributed by atoms with Crippen LogP contribution in [0.15, 0.2) is 76.7 Å². The van der Waals surface area contributed by atoms with Gasteiger partial charge in [-0.2, -0.15) is 26.0 Å². The molecule has 0 fully saturated rings. The van der Waals surface area contributed by atoms with Crippen molar-refractivity contribution in [3.8, 4) is 28.4 Å². The third kappa shape index (κ3) is 4.42. The Morgan fingerprint density at radius 1 is 1.00 bits per heavy atom. The highest BCUT2D eigenvalue weighted by Gasteiger charge is 2.37. The summed E-state index contributed by atoms with van der Waals surface area (Å²) in [6.45, 7) is 0. The lowest BCUT2D eigenvalue weighted by molar-refractivity contribution is 0.355. The van der Waals surface area contributed by atoms with Gasteiger partial charge in [-0.25, -0.2) is 13.1 Å². The smallest absolute Gasteiger partial charge is 0.247 e. The average molecular weight is 509 g/mol. The Bertz CT molecular complexity index is 1480. The minimum Gasteiger partial charge on any atom is -0.493 e. The highest BCUT2D eigenvalue weighted by Crippen LogP contribution is 2.40. The first-order chi connectivity index (χ1) is 16.9. The molecular weight excluding hydrogens is 484 g/mol. The average Bonchev–Trinajstić information content (AvgIpc) is 3.62. The first-order valence-electron chi connectivity index (χ1n) is 10.9. The van der Waals surface area contributed by atoms with Crippen LogP contribution in [0.2, 0.25) is 0 Å². The second-order valence-electron chi connectivity index (χ2n) is 8.10. The molecule has 5 rings (SSSR count). The minimum atomic E-state index is -3.65. The number of ether oxygens (including phenoxy) is 2. The summed E-state index contributed by atoms with van der Waals surface area (Å²) in [6.07, 6.45) is 3.46. The van der Waals surface area contributed by atoms with Gasteiger partial charge >= 0.3 is 0 Å². The molecule has 0 saturated carbocycles. The topological polar surface area (TPSA) is 86.0 Å². The molecule has 0 aliphatic carbocycles. The lowest BCUT2D eigenvalue weighted by Crippen LogP contribution is -2.26. The number of para-hydroxylation sites is 1. The van der Waals surface area contributed by atoms with Gasteiger partial charge in [-0.1, -0.05) is 18.2 Å². The molecule has 10 heteroatoms. The van der Waals surface area contributed by atoms with Crippen molar-refractivity contribution >= 4 is 27.1 Å². The van der Waals surface area contributed by atoms with Crippen LogP contribution in [0, 0.1) is 0 Å². The summed E-state index contributed by atoms with van der Waals surface area (Å²) in [5.74, 6) is 1.15. The van der Waals surface area contributed by atoms with Gasteiger partial charge in [0, 0.05) is 34.7 Å². The third-order valence-corrected chi connectivity index (χ3v) is 7.54. The number of benzene rings is 2. The second kappa shape index (κ2) is 9.20. The molecule has 35 heavy (non-hydrogen) atoms. The van der Waals surface area contributed by atoms with Crippen molar-refractivity contribution in [2.75, 3.05) is 20.5 Å². The van der Waals surface area contributed by atoms with Crippen LogP contribution in [0.25, 0.3) is 16.9 Å².